The van der Waals surface area contributed by atoms with Crippen LogP contribution in [0.25, 0.3) is 0 Å². The van der Waals surface area contributed by atoms with Crippen LogP contribution in [0.2, 0.25) is 0 Å². The molecule has 0 aliphatic carbocycles. The van der Waals surface area contributed by atoms with Crippen molar-refractivity contribution in [2.45, 2.75) is 33.2 Å². The maximum atomic E-state index is 12.0. The van der Waals surface area contributed by atoms with Gasteiger partial charge in [-0.05, 0) is 50.9 Å². The molecule has 5 heteroatoms. The minimum atomic E-state index is -0.0382. The molecule has 0 saturated carbocycles. The predicted molar refractivity (Wildman–Crippen MR) is 87.2 cm³/mol. The van der Waals surface area contributed by atoms with Crippen molar-refractivity contribution in [3.05, 3.63) is 29.3 Å². The topological polar surface area (TPSA) is 50.4 Å². The van der Waals surface area contributed by atoms with Crippen LogP contribution in [0.4, 0.5) is 0 Å². The van der Waals surface area contributed by atoms with E-state index in [4.69, 9.17) is 4.74 Å². The normalized spacial score (nSPS) is 21.3. The summed E-state index contributed by atoms with van der Waals surface area (Å²) in [6, 6.07) is 6.23. The van der Waals surface area contributed by atoms with Gasteiger partial charge in [0.25, 0.3) is 5.91 Å². The SMILES string of the molecule is Cc1ccc(OCC(=O)NC2CCNCC2C)c(C)c1.Cl. The van der Waals surface area contributed by atoms with E-state index < -0.39 is 0 Å². The lowest BCUT2D eigenvalue weighted by atomic mass is 9.95. The average molecular weight is 313 g/mol. The fraction of sp³-hybridized carbons (Fsp3) is 0.562. The lowest BCUT2D eigenvalue weighted by molar-refractivity contribution is -0.124. The zero-order valence-corrected chi connectivity index (χ0v) is 13.8. The zero-order chi connectivity index (χ0) is 14.5. The molecular weight excluding hydrogens is 288 g/mol. The first-order valence-corrected chi connectivity index (χ1v) is 7.26. The quantitative estimate of drug-likeness (QED) is 0.896. The minimum Gasteiger partial charge on any atom is -0.484 e. The molecular formula is C16H25ClN2O2. The molecule has 1 aliphatic rings. The highest BCUT2D eigenvalue weighted by molar-refractivity contribution is 5.85. The van der Waals surface area contributed by atoms with Crippen LogP contribution in [0.5, 0.6) is 5.75 Å². The second-order valence-corrected chi connectivity index (χ2v) is 5.70. The molecule has 2 atom stereocenters. The van der Waals surface area contributed by atoms with Gasteiger partial charge in [0.1, 0.15) is 5.75 Å². The Balaban J connectivity index is 0.00000220. The number of halogens is 1. The van der Waals surface area contributed by atoms with Crippen molar-refractivity contribution in [3.63, 3.8) is 0 Å². The van der Waals surface area contributed by atoms with Gasteiger partial charge in [-0.1, -0.05) is 24.6 Å². The summed E-state index contributed by atoms with van der Waals surface area (Å²) < 4.78 is 5.60. The van der Waals surface area contributed by atoms with Gasteiger partial charge in [0.2, 0.25) is 0 Å². The molecule has 1 aliphatic heterocycles. The largest absolute Gasteiger partial charge is 0.484 e. The van der Waals surface area contributed by atoms with Crippen LogP contribution in [0.1, 0.15) is 24.5 Å². The Hall–Kier alpha value is -1.26. The zero-order valence-electron chi connectivity index (χ0n) is 12.9. The van der Waals surface area contributed by atoms with Crippen LogP contribution in [0.3, 0.4) is 0 Å². The average Bonchev–Trinajstić information content (AvgIpc) is 2.40. The Morgan fingerprint density at radius 2 is 2.19 bits per heavy atom. The van der Waals surface area contributed by atoms with E-state index >= 15 is 0 Å². The van der Waals surface area contributed by atoms with E-state index in [-0.39, 0.29) is 31.0 Å². The van der Waals surface area contributed by atoms with Crippen molar-refractivity contribution in [2.75, 3.05) is 19.7 Å². The Morgan fingerprint density at radius 1 is 1.43 bits per heavy atom. The highest BCUT2D eigenvalue weighted by Crippen LogP contribution is 2.18. The maximum Gasteiger partial charge on any atom is 0.258 e. The summed E-state index contributed by atoms with van der Waals surface area (Å²) in [4.78, 5) is 12.0. The molecule has 0 bridgehead atoms. The molecule has 0 aromatic heterocycles. The second-order valence-electron chi connectivity index (χ2n) is 5.70. The van der Waals surface area contributed by atoms with Crippen molar-refractivity contribution in [1.82, 2.24) is 10.6 Å². The highest BCUT2D eigenvalue weighted by Gasteiger charge is 2.22. The Bertz CT molecular complexity index is 479. The minimum absolute atomic E-state index is 0. The summed E-state index contributed by atoms with van der Waals surface area (Å²) in [5.74, 6) is 1.21. The third-order valence-corrected chi connectivity index (χ3v) is 3.82. The lowest BCUT2D eigenvalue weighted by Gasteiger charge is -2.30. The molecule has 1 aromatic rings. The van der Waals surface area contributed by atoms with Gasteiger partial charge in [0, 0.05) is 6.04 Å². The van der Waals surface area contributed by atoms with Crippen LogP contribution in [0.15, 0.2) is 18.2 Å². The van der Waals surface area contributed by atoms with Crippen molar-refractivity contribution < 1.29 is 9.53 Å². The van der Waals surface area contributed by atoms with Gasteiger partial charge in [-0.2, -0.15) is 0 Å². The summed E-state index contributed by atoms with van der Waals surface area (Å²) in [5, 5.41) is 6.39. The van der Waals surface area contributed by atoms with Crippen molar-refractivity contribution in [3.8, 4) is 5.75 Å². The number of carbonyl (C=O) groups is 1. The number of ether oxygens (including phenoxy) is 1. The maximum absolute atomic E-state index is 12.0. The van der Waals surface area contributed by atoms with Gasteiger partial charge in [-0.25, -0.2) is 0 Å². The molecule has 2 unspecified atom stereocenters. The highest BCUT2D eigenvalue weighted by atomic mass is 35.5. The lowest BCUT2D eigenvalue weighted by Crippen LogP contribution is -2.49. The molecule has 118 valence electrons. The molecule has 2 rings (SSSR count). The van der Waals surface area contributed by atoms with Crippen LogP contribution < -0.4 is 15.4 Å². The number of rotatable bonds is 4. The Labute approximate surface area is 133 Å². The van der Waals surface area contributed by atoms with Gasteiger partial charge in [-0.15, -0.1) is 12.4 Å². The molecule has 0 radical (unpaired) electrons. The fourth-order valence-electron chi connectivity index (χ4n) is 2.58. The van der Waals surface area contributed by atoms with Gasteiger partial charge >= 0.3 is 0 Å². The first-order valence-electron chi connectivity index (χ1n) is 7.26. The second kappa shape index (κ2) is 8.25. The summed E-state index contributed by atoms with van der Waals surface area (Å²) in [5.41, 5.74) is 2.26. The van der Waals surface area contributed by atoms with E-state index in [2.05, 4.69) is 23.6 Å². The van der Waals surface area contributed by atoms with Gasteiger partial charge in [0.05, 0.1) is 0 Å². The number of carbonyl (C=O) groups excluding carboxylic acids is 1. The molecule has 2 N–H and O–H groups in total. The van der Waals surface area contributed by atoms with Crippen molar-refractivity contribution in [2.24, 2.45) is 5.92 Å². The van der Waals surface area contributed by atoms with Crippen LogP contribution in [0, 0.1) is 19.8 Å². The molecule has 0 spiro atoms. The van der Waals surface area contributed by atoms with Crippen LogP contribution in [-0.4, -0.2) is 31.6 Å². The summed E-state index contributed by atoms with van der Waals surface area (Å²) in [6.45, 7) is 8.20. The molecule has 1 heterocycles. The number of nitrogens with one attached hydrogen (secondary N) is 2. The van der Waals surface area contributed by atoms with Crippen molar-refractivity contribution in [1.29, 1.82) is 0 Å². The molecule has 4 nitrogen and oxygen atoms in total. The van der Waals surface area contributed by atoms with E-state index in [1.54, 1.807) is 0 Å². The third-order valence-electron chi connectivity index (χ3n) is 3.82. The molecule has 1 aromatic carbocycles. The predicted octanol–water partition coefficient (Wildman–Crippen LogP) is 2.22. The van der Waals surface area contributed by atoms with Crippen molar-refractivity contribution >= 4 is 18.3 Å². The van der Waals surface area contributed by atoms with Gasteiger partial charge in [0.15, 0.2) is 6.61 Å². The third kappa shape index (κ3) is 5.21. The Morgan fingerprint density at radius 3 is 2.86 bits per heavy atom. The molecule has 1 saturated heterocycles. The standard InChI is InChI=1S/C16H24N2O2.ClH/c1-11-4-5-15(12(2)8-11)20-10-16(19)18-14-6-7-17-9-13(14)3;/h4-5,8,13-14,17H,6-7,9-10H2,1-3H3,(H,18,19);1H. The molecule has 1 fully saturated rings. The van der Waals surface area contributed by atoms with Gasteiger partial charge < -0.3 is 15.4 Å². The first-order chi connectivity index (χ1) is 9.56. The number of benzene rings is 1. The number of hydrogen-bond donors (Lipinski definition) is 2. The monoisotopic (exact) mass is 312 g/mol. The summed E-state index contributed by atoms with van der Waals surface area (Å²) in [7, 11) is 0. The van der Waals surface area contributed by atoms with E-state index in [1.807, 2.05) is 26.0 Å². The number of hydrogen-bond acceptors (Lipinski definition) is 3. The van der Waals surface area contributed by atoms with E-state index in [0.717, 1.165) is 30.8 Å². The van der Waals surface area contributed by atoms with Crippen LogP contribution in [-0.2, 0) is 4.79 Å². The smallest absolute Gasteiger partial charge is 0.258 e. The van der Waals surface area contributed by atoms with Gasteiger partial charge in [-0.3, -0.25) is 4.79 Å². The van der Waals surface area contributed by atoms with E-state index in [0.29, 0.717) is 5.92 Å². The molecule has 21 heavy (non-hydrogen) atoms. The van der Waals surface area contributed by atoms with Crippen LogP contribution >= 0.6 is 12.4 Å². The molecule has 1 amide bonds. The van der Waals surface area contributed by atoms with E-state index in [9.17, 15) is 4.79 Å². The first kappa shape index (κ1) is 17.8. The Kier molecular flexibility index (Phi) is 6.99. The number of amides is 1. The fourth-order valence-corrected chi connectivity index (χ4v) is 2.58. The van der Waals surface area contributed by atoms with E-state index in [1.165, 1.54) is 5.56 Å². The summed E-state index contributed by atoms with van der Waals surface area (Å²) in [6.07, 6.45) is 0.983. The summed E-state index contributed by atoms with van der Waals surface area (Å²) >= 11 is 0. The number of aryl methyl sites for hydroxylation is 2. The number of piperidine rings is 1.